The normalized spacial score (nSPS) is 11.6. The third kappa shape index (κ3) is 9.70. The topological polar surface area (TPSA) is 83.5 Å². The van der Waals surface area contributed by atoms with E-state index in [2.05, 4.69) is 20.6 Å². The highest BCUT2D eigenvalue weighted by Crippen LogP contribution is 2.07. The zero-order valence-corrected chi connectivity index (χ0v) is 19.7. The average Bonchev–Trinajstić information content (AvgIpc) is 2.65. The van der Waals surface area contributed by atoms with Crippen LogP contribution in [0.15, 0.2) is 53.7 Å². The number of guanidine groups is 1. The lowest BCUT2D eigenvalue weighted by atomic mass is 10.2. The van der Waals surface area contributed by atoms with Gasteiger partial charge in [0, 0.05) is 26.3 Å². The summed E-state index contributed by atoms with van der Waals surface area (Å²) < 4.78 is 24.4. The Morgan fingerprint density at radius 2 is 1.79 bits per heavy atom. The third-order valence-electron chi connectivity index (χ3n) is 3.87. The highest BCUT2D eigenvalue weighted by molar-refractivity contribution is 14.0. The van der Waals surface area contributed by atoms with Gasteiger partial charge in [0.1, 0.15) is 5.15 Å². The summed E-state index contributed by atoms with van der Waals surface area (Å²) in [6.07, 6.45) is 3.06. The minimum atomic E-state index is -3.11. The largest absolute Gasteiger partial charge is 0.356 e. The zero-order valence-electron chi connectivity index (χ0n) is 15.8. The van der Waals surface area contributed by atoms with Crippen LogP contribution in [0.4, 0.5) is 0 Å². The summed E-state index contributed by atoms with van der Waals surface area (Å²) >= 11 is 5.77. The van der Waals surface area contributed by atoms with E-state index in [1.807, 2.05) is 36.4 Å². The fourth-order valence-corrected chi connectivity index (χ4v) is 4.04. The highest BCUT2D eigenvalue weighted by atomic mass is 127. The smallest absolute Gasteiger partial charge is 0.190 e. The van der Waals surface area contributed by atoms with Gasteiger partial charge >= 0.3 is 0 Å². The second kappa shape index (κ2) is 12.9. The summed E-state index contributed by atoms with van der Waals surface area (Å²) in [6, 6.07) is 12.9. The fraction of sp³-hybridized carbons (Fsp3) is 0.368. The van der Waals surface area contributed by atoms with Gasteiger partial charge < -0.3 is 10.6 Å². The number of benzene rings is 1. The molecule has 6 nitrogen and oxygen atoms in total. The summed E-state index contributed by atoms with van der Waals surface area (Å²) in [5.41, 5.74) is 1.90. The molecule has 1 heterocycles. The van der Waals surface area contributed by atoms with E-state index in [1.54, 1.807) is 19.3 Å². The number of rotatable bonds is 9. The van der Waals surface area contributed by atoms with Crippen molar-refractivity contribution in [2.24, 2.45) is 4.99 Å². The molecule has 154 valence electrons. The van der Waals surface area contributed by atoms with Crippen LogP contribution in [-0.2, 0) is 22.0 Å². The average molecular weight is 537 g/mol. The predicted octanol–water partition coefficient (Wildman–Crippen LogP) is 3.07. The molecule has 0 aliphatic carbocycles. The lowest BCUT2D eigenvalue weighted by Gasteiger charge is -2.12. The van der Waals surface area contributed by atoms with Gasteiger partial charge in [0.15, 0.2) is 15.8 Å². The third-order valence-corrected chi connectivity index (χ3v) is 5.78. The molecule has 0 spiro atoms. The molecule has 2 N–H and O–H groups in total. The summed E-state index contributed by atoms with van der Waals surface area (Å²) in [4.78, 5) is 8.19. The molecule has 0 aliphatic heterocycles. The first-order chi connectivity index (χ1) is 13.0. The number of nitrogens with one attached hydrogen (secondary N) is 2. The number of sulfone groups is 1. The molecule has 0 fully saturated rings. The number of aliphatic imine (C=N–C) groups is 1. The molecular weight excluding hydrogens is 511 g/mol. The first-order valence-corrected chi connectivity index (χ1v) is 11.0. The molecule has 28 heavy (non-hydrogen) atoms. The van der Waals surface area contributed by atoms with Crippen molar-refractivity contribution in [1.82, 2.24) is 15.6 Å². The summed E-state index contributed by atoms with van der Waals surface area (Å²) in [5.74, 6) is 0.871. The van der Waals surface area contributed by atoms with Crippen molar-refractivity contribution >= 4 is 51.4 Å². The van der Waals surface area contributed by atoms with E-state index in [0.717, 1.165) is 17.5 Å². The van der Waals surface area contributed by atoms with Gasteiger partial charge in [-0.3, -0.25) is 4.99 Å². The monoisotopic (exact) mass is 536 g/mol. The van der Waals surface area contributed by atoms with Gasteiger partial charge in [0.2, 0.25) is 0 Å². The Balaban J connectivity index is 0.00000392. The lowest BCUT2D eigenvalue weighted by molar-refractivity contribution is 0.591. The molecule has 0 bridgehead atoms. The molecule has 0 unspecified atom stereocenters. The molecule has 0 amide bonds. The Bertz CT molecular complexity index is 831. The molecule has 2 rings (SSSR count). The number of pyridine rings is 1. The number of halogens is 2. The van der Waals surface area contributed by atoms with Crippen molar-refractivity contribution in [3.8, 4) is 0 Å². The van der Waals surface area contributed by atoms with Crippen LogP contribution in [0.2, 0.25) is 5.15 Å². The van der Waals surface area contributed by atoms with Gasteiger partial charge in [-0.15, -0.1) is 24.0 Å². The minimum Gasteiger partial charge on any atom is -0.356 e. The second-order valence-electron chi connectivity index (χ2n) is 6.10. The predicted molar refractivity (Wildman–Crippen MR) is 126 cm³/mol. The maximum atomic E-state index is 12.2. The van der Waals surface area contributed by atoms with Gasteiger partial charge in [0.05, 0.1) is 11.5 Å². The molecule has 9 heteroatoms. The van der Waals surface area contributed by atoms with E-state index in [4.69, 9.17) is 11.6 Å². The van der Waals surface area contributed by atoms with Crippen molar-refractivity contribution < 1.29 is 8.42 Å². The molecule has 1 aromatic heterocycles. The first-order valence-electron chi connectivity index (χ1n) is 8.78. The standard InChI is InChI=1S/C19H25ClN4O2S.HI/c1-21-19(23-12-10-16-8-9-18(20)24-14-16)22-11-5-13-27(25,26)15-17-6-3-2-4-7-17;/h2-4,6-9,14H,5,10-13,15H2,1H3,(H2,21,22,23);1H. The maximum absolute atomic E-state index is 12.2. The summed E-state index contributed by atoms with van der Waals surface area (Å²) in [5, 5.41) is 6.82. The van der Waals surface area contributed by atoms with Crippen LogP contribution in [-0.4, -0.2) is 45.3 Å². The second-order valence-corrected chi connectivity index (χ2v) is 8.67. The van der Waals surface area contributed by atoms with Crippen LogP contribution in [0.5, 0.6) is 0 Å². The Morgan fingerprint density at radius 3 is 2.43 bits per heavy atom. The van der Waals surface area contributed by atoms with E-state index < -0.39 is 9.84 Å². The molecule has 0 atom stereocenters. The molecule has 0 aliphatic rings. The van der Waals surface area contributed by atoms with E-state index >= 15 is 0 Å². The van der Waals surface area contributed by atoms with Crippen molar-refractivity contribution in [1.29, 1.82) is 0 Å². The fourth-order valence-electron chi connectivity index (χ4n) is 2.50. The van der Waals surface area contributed by atoms with Gasteiger partial charge in [-0.2, -0.15) is 0 Å². The van der Waals surface area contributed by atoms with Crippen LogP contribution in [0.25, 0.3) is 0 Å². The van der Waals surface area contributed by atoms with Gasteiger partial charge in [-0.1, -0.05) is 48.0 Å². The van der Waals surface area contributed by atoms with Crippen molar-refractivity contribution in [3.05, 3.63) is 64.9 Å². The quantitative estimate of drug-likeness (QED) is 0.169. The number of aromatic nitrogens is 1. The Kier molecular flexibility index (Phi) is 11.4. The summed E-state index contributed by atoms with van der Waals surface area (Å²) in [7, 11) is -1.43. The Labute approximate surface area is 189 Å². The van der Waals surface area contributed by atoms with Crippen molar-refractivity contribution in [3.63, 3.8) is 0 Å². The van der Waals surface area contributed by atoms with Gasteiger partial charge in [-0.25, -0.2) is 13.4 Å². The summed E-state index contributed by atoms with van der Waals surface area (Å²) in [6.45, 7) is 1.23. The van der Waals surface area contributed by atoms with Gasteiger partial charge in [-0.05, 0) is 30.0 Å². The van der Waals surface area contributed by atoms with Crippen molar-refractivity contribution in [2.45, 2.75) is 18.6 Å². The Hall–Kier alpha value is -1.39. The van der Waals surface area contributed by atoms with Crippen LogP contribution < -0.4 is 10.6 Å². The molecular formula is C19H26ClIN4O2S. The van der Waals surface area contributed by atoms with Crippen LogP contribution in [0.3, 0.4) is 0 Å². The molecule has 0 radical (unpaired) electrons. The number of hydrogen-bond acceptors (Lipinski definition) is 4. The molecule has 1 aromatic carbocycles. The highest BCUT2D eigenvalue weighted by Gasteiger charge is 2.11. The van der Waals surface area contributed by atoms with E-state index in [9.17, 15) is 8.42 Å². The number of hydrogen-bond donors (Lipinski definition) is 2. The van der Waals surface area contributed by atoms with Gasteiger partial charge in [0.25, 0.3) is 0 Å². The first kappa shape index (κ1) is 24.6. The molecule has 0 saturated carbocycles. The van der Waals surface area contributed by atoms with E-state index in [1.165, 1.54) is 0 Å². The van der Waals surface area contributed by atoms with E-state index in [-0.39, 0.29) is 35.5 Å². The van der Waals surface area contributed by atoms with Crippen LogP contribution >= 0.6 is 35.6 Å². The van der Waals surface area contributed by atoms with Crippen molar-refractivity contribution in [2.75, 3.05) is 25.9 Å². The minimum absolute atomic E-state index is 0. The van der Waals surface area contributed by atoms with Crippen LogP contribution in [0.1, 0.15) is 17.5 Å². The lowest BCUT2D eigenvalue weighted by Crippen LogP contribution is -2.39. The molecule has 0 saturated heterocycles. The SMILES string of the molecule is CN=C(NCCCS(=O)(=O)Cc1ccccc1)NCCc1ccc(Cl)nc1.I. The Morgan fingerprint density at radius 1 is 1.07 bits per heavy atom. The molecule has 2 aromatic rings. The number of nitrogens with zero attached hydrogens (tertiary/aromatic N) is 2. The maximum Gasteiger partial charge on any atom is 0.190 e. The zero-order chi connectivity index (χ0) is 19.5. The van der Waals surface area contributed by atoms with Crippen LogP contribution in [0, 0.1) is 0 Å². The van der Waals surface area contributed by atoms with E-state index in [0.29, 0.717) is 30.6 Å².